The number of nitrogens with one attached hydrogen (secondary N) is 1. The van der Waals surface area contributed by atoms with Crippen molar-refractivity contribution in [3.8, 4) is 0 Å². The largest absolute Gasteiger partial charge is 0.416 e. The number of rotatable bonds is 3. The van der Waals surface area contributed by atoms with Crippen molar-refractivity contribution in [3.05, 3.63) is 64.7 Å². The average molecular weight is 299 g/mol. The highest BCUT2D eigenvalue weighted by Crippen LogP contribution is 2.33. The molecule has 0 saturated heterocycles. The Balaban J connectivity index is 2.47. The Kier molecular flexibility index (Phi) is 4.24. The Morgan fingerprint density at radius 3 is 2.43 bits per heavy atom. The summed E-state index contributed by atoms with van der Waals surface area (Å²) in [6.07, 6.45) is -2.00. The van der Waals surface area contributed by atoms with E-state index in [1.807, 2.05) is 0 Å². The van der Waals surface area contributed by atoms with Crippen LogP contribution in [0, 0.1) is 12.7 Å². The first-order valence-electron chi connectivity index (χ1n) is 6.08. The number of pyridine rings is 1. The predicted molar refractivity (Wildman–Crippen MR) is 69.5 cm³/mol. The average Bonchev–Trinajstić information content (AvgIpc) is 2.42. The smallest absolute Gasteiger partial charge is 0.271 e. The van der Waals surface area contributed by atoms with Crippen molar-refractivity contribution in [3.63, 3.8) is 0 Å². The van der Waals surface area contributed by atoms with Gasteiger partial charge in [0.25, 0.3) is 0 Å². The van der Waals surface area contributed by atoms with Gasteiger partial charge in [0, 0.05) is 11.8 Å². The third kappa shape index (κ3) is 3.20. The first kappa shape index (κ1) is 15.4. The minimum Gasteiger partial charge on any atom is -0.271 e. The highest BCUT2D eigenvalue weighted by molar-refractivity contribution is 5.39. The highest BCUT2D eigenvalue weighted by atomic mass is 19.4. The van der Waals surface area contributed by atoms with E-state index in [1.165, 1.54) is 25.3 Å². The van der Waals surface area contributed by atoms with Gasteiger partial charge in [-0.15, -0.1) is 0 Å². The summed E-state index contributed by atoms with van der Waals surface area (Å²) in [4.78, 5) is 3.63. The maximum Gasteiger partial charge on any atom is 0.416 e. The lowest BCUT2D eigenvalue weighted by atomic mass is 9.94. The van der Waals surface area contributed by atoms with Gasteiger partial charge in [-0.3, -0.25) is 10.8 Å². The number of alkyl halides is 3. The molecular formula is C14H13F4N3. The summed E-state index contributed by atoms with van der Waals surface area (Å²) in [5.41, 5.74) is 2.72. The molecule has 1 aromatic heterocycles. The van der Waals surface area contributed by atoms with Crippen LogP contribution < -0.4 is 11.3 Å². The van der Waals surface area contributed by atoms with Crippen LogP contribution in [-0.2, 0) is 6.18 Å². The summed E-state index contributed by atoms with van der Waals surface area (Å²) in [6.45, 7) is 1.52. The third-order valence-electron chi connectivity index (χ3n) is 3.19. The zero-order valence-electron chi connectivity index (χ0n) is 11.1. The van der Waals surface area contributed by atoms with Gasteiger partial charge in [-0.2, -0.15) is 13.2 Å². The third-order valence-corrected chi connectivity index (χ3v) is 3.19. The van der Waals surface area contributed by atoms with Crippen LogP contribution in [0.3, 0.4) is 0 Å². The van der Waals surface area contributed by atoms with E-state index < -0.39 is 23.6 Å². The van der Waals surface area contributed by atoms with E-state index in [0.717, 1.165) is 18.3 Å². The summed E-state index contributed by atoms with van der Waals surface area (Å²) in [6, 6.07) is 3.93. The SMILES string of the molecule is Cc1cc(C(F)(F)F)ccc1C(NN)c1ccncc1F. The fourth-order valence-corrected chi connectivity index (χ4v) is 2.14. The quantitative estimate of drug-likeness (QED) is 0.520. The van der Waals surface area contributed by atoms with Crippen LogP contribution in [0.5, 0.6) is 0 Å². The first-order chi connectivity index (χ1) is 9.84. The fraction of sp³-hybridized carbons (Fsp3) is 0.214. The normalized spacial score (nSPS) is 13.2. The maximum absolute atomic E-state index is 13.8. The van der Waals surface area contributed by atoms with Crippen LogP contribution in [0.25, 0.3) is 0 Å². The van der Waals surface area contributed by atoms with E-state index in [0.29, 0.717) is 11.1 Å². The number of hydrogen-bond donors (Lipinski definition) is 2. The number of benzene rings is 1. The van der Waals surface area contributed by atoms with Gasteiger partial charge in [-0.1, -0.05) is 6.07 Å². The first-order valence-corrected chi connectivity index (χ1v) is 6.08. The van der Waals surface area contributed by atoms with E-state index in [-0.39, 0.29) is 5.56 Å². The Hall–Kier alpha value is -1.99. The standard InChI is InChI=1S/C14H13F4N3/c1-8-6-9(14(16,17)18)2-3-10(8)13(21-19)11-4-5-20-7-12(11)15/h2-7,13,21H,19H2,1H3. The van der Waals surface area contributed by atoms with Crippen LogP contribution in [0.1, 0.15) is 28.3 Å². The van der Waals surface area contributed by atoms with Crippen LogP contribution in [-0.4, -0.2) is 4.98 Å². The number of nitrogens with zero attached hydrogens (tertiary/aromatic N) is 1. The lowest BCUT2D eigenvalue weighted by Crippen LogP contribution is -2.30. The predicted octanol–water partition coefficient (Wildman–Crippen LogP) is 3.10. The van der Waals surface area contributed by atoms with Crippen molar-refractivity contribution in [2.24, 2.45) is 5.84 Å². The number of aryl methyl sites for hydroxylation is 1. The summed E-state index contributed by atoms with van der Waals surface area (Å²) in [5.74, 6) is 4.86. The molecule has 1 aromatic carbocycles. The van der Waals surface area contributed by atoms with E-state index in [9.17, 15) is 17.6 Å². The van der Waals surface area contributed by atoms with Gasteiger partial charge in [0.2, 0.25) is 0 Å². The monoisotopic (exact) mass is 299 g/mol. The molecule has 2 rings (SSSR count). The molecule has 0 aliphatic rings. The van der Waals surface area contributed by atoms with Gasteiger partial charge in [-0.25, -0.2) is 9.82 Å². The van der Waals surface area contributed by atoms with E-state index in [2.05, 4.69) is 10.4 Å². The molecular weight excluding hydrogens is 286 g/mol. The maximum atomic E-state index is 13.8. The molecule has 0 spiro atoms. The second kappa shape index (κ2) is 5.79. The van der Waals surface area contributed by atoms with Gasteiger partial charge < -0.3 is 0 Å². The molecule has 112 valence electrons. The molecule has 0 amide bonds. The zero-order valence-corrected chi connectivity index (χ0v) is 11.1. The molecule has 1 atom stereocenters. The van der Waals surface area contributed by atoms with Gasteiger partial charge in [-0.05, 0) is 36.2 Å². The highest BCUT2D eigenvalue weighted by Gasteiger charge is 2.31. The zero-order chi connectivity index (χ0) is 15.6. The molecule has 3 N–H and O–H groups in total. The van der Waals surface area contributed by atoms with Gasteiger partial charge in [0.05, 0.1) is 17.8 Å². The molecule has 0 saturated carbocycles. The van der Waals surface area contributed by atoms with Crippen LogP contribution >= 0.6 is 0 Å². The summed E-state index contributed by atoms with van der Waals surface area (Å²) < 4.78 is 51.8. The van der Waals surface area contributed by atoms with Crippen molar-refractivity contribution < 1.29 is 17.6 Å². The van der Waals surface area contributed by atoms with Crippen LogP contribution in [0.15, 0.2) is 36.7 Å². The Morgan fingerprint density at radius 1 is 1.19 bits per heavy atom. The molecule has 2 aromatic rings. The van der Waals surface area contributed by atoms with Crippen LogP contribution in [0.4, 0.5) is 17.6 Å². The van der Waals surface area contributed by atoms with Crippen molar-refractivity contribution in [1.29, 1.82) is 0 Å². The molecule has 1 unspecified atom stereocenters. The molecule has 0 fully saturated rings. The van der Waals surface area contributed by atoms with E-state index in [1.54, 1.807) is 0 Å². The number of hydrazine groups is 1. The number of aromatic nitrogens is 1. The lowest BCUT2D eigenvalue weighted by Gasteiger charge is -2.20. The summed E-state index contributed by atoms with van der Waals surface area (Å²) in [5, 5.41) is 0. The van der Waals surface area contributed by atoms with Crippen molar-refractivity contribution in [2.75, 3.05) is 0 Å². The summed E-state index contributed by atoms with van der Waals surface area (Å²) in [7, 11) is 0. The molecule has 0 bridgehead atoms. The molecule has 3 nitrogen and oxygen atoms in total. The molecule has 7 heteroatoms. The van der Waals surface area contributed by atoms with Crippen molar-refractivity contribution in [1.82, 2.24) is 10.4 Å². The number of hydrogen-bond acceptors (Lipinski definition) is 3. The van der Waals surface area contributed by atoms with Gasteiger partial charge >= 0.3 is 6.18 Å². The molecule has 0 radical (unpaired) electrons. The van der Waals surface area contributed by atoms with Gasteiger partial charge in [0.1, 0.15) is 5.82 Å². The minimum atomic E-state index is -4.42. The Bertz CT molecular complexity index is 640. The molecule has 21 heavy (non-hydrogen) atoms. The molecule has 0 aliphatic carbocycles. The lowest BCUT2D eigenvalue weighted by molar-refractivity contribution is -0.137. The van der Waals surface area contributed by atoms with E-state index in [4.69, 9.17) is 5.84 Å². The van der Waals surface area contributed by atoms with Gasteiger partial charge in [0.15, 0.2) is 0 Å². The number of nitrogens with two attached hydrogens (primary N) is 1. The second-order valence-electron chi connectivity index (χ2n) is 4.57. The van der Waals surface area contributed by atoms with Crippen molar-refractivity contribution >= 4 is 0 Å². The van der Waals surface area contributed by atoms with Crippen LogP contribution in [0.2, 0.25) is 0 Å². The molecule has 0 aliphatic heterocycles. The van der Waals surface area contributed by atoms with E-state index >= 15 is 0 Å². The second-order valence-corrected chi connectivity index (χ2v) is 4.57. The number of halogens is 4. The fourth-order valence-electron chi connectivity index (χ4n) is 2.14. The molecule has 1 heterocycles. The van der Waals surface area contributed by atoms with Crippen molar-refractivity contribution in [2.45, 2.75) is 19.1 Å². The Labute approximate surface area is 118 Å². The topological polar surface area (TPSA) is 50.9 Å². The Morgan fingerprint density at radius 2 is 1.90 bits per heavy atom. The summed E-state index contributed by atoms with van der Waals surface area (Å²) >= 11 is 0. The minimum absolute atomic E-state index is 0.218.